The number of carbonyl (C=O) groups is 1. The molecule has 1 aliphatic rings. The Morgan fingerprint density at radius 2 is 2.00 bits per heavy atom. The lowest BCUT2D eigenvalue weighted by atomic mass is 10.4. The molecule has 1 aliphatic carbocycles. The summed E-state index contributed by atoms with van der Waals surface area (Å²) in [6, 6.07) is 7.26. The molecule has 17 heavy (non-hydrogen) atoms. The number of sulfone groups is 1. The first-order valence-electron chi connectivity index (χ1n) is 5.00. The summed E-state index contributed by atoms with van der Waals surface area (Å²) in [6.45, 7) is 0. The molecule has 6 heteroatoms. The fourth-order valence-electron chi connectivity index (χ4n) is 1.71. The van der Waals surface area contributed by atoms with Crippen molar-refractivity contribution in [2.45, 2.75) is 16.3 Å². The minimum absolute atomic E-state index is 0.117. The molecule has 0 saturated heterocycles. The van der Waals surface area contributed by atoms with Crippen LogP contribution in [0.5, 0.6) is 0 Å². The molecular formula is C11H11FO4S. The zero-order valence-corrected chi connectivity index (χ0v) is 9.91. The van der Waals surface area contributed by atoms with Gasteiger partial charge in [0.25, 0.3) is 0 Å². The molecule has 2 atom stereocenters. The van der Waals surface area contributed by atoms with Crippen molar-refractivity contribution in [2.24, 2.45) is 5.92 Å². The van der Waals surface area contributed by atoms with Crippen molar-refractivity contribution in [1.82, 2.24) is 0 Å². The Kier molecular flexibility index (Phi) is 2.69. The van der Waals surface area contributed by atoms with Crippen LogP contribution in [0.2, 0.25) is 0 Å². The molecule has 0 aromatic heterocycles. The van der Waals surface area contributed by atoms with Crippen molar-refractivity contribution in [2.75, 3.05) is 7.11 Å². The number of alkyl halides is 1. The minimum atomic E-state index is -4.14. The molecule has 2 rings (SSSR count). The number of carbonyl (C=O) groups excluding carboxylic acids is 1. The second-order valence-electron chi connectivity index (χ2n) is 3.88. The van der Waals surface area contributed by atoms with Crippen LogP contribution < -0.4 is 0 Å². The van der Waals surface area contributed by atoms with Gasteiger partial charge >= 0.3 is 5.97 Å². The summed E-state index contributed by atoms with van der Waals surface area (Å²) in [4.78, 5) is 11.0. The monoisotopic (exact) mass is 258 g/mol. The highest BCUT2D eigenvalue weighted by molar-refractivity contribution is 7.93. The summed E-state index contributed by atoms with van der Waals surface area (Å²) in [5.41, 5.74) is 0. The third-order valence-corrected chi connectivity index (χ3v) is 5.07. The number of rotatable bonds is 3. The standard InChI is InChI=1S/C11H11FO4S/c1-16-10(13)9-7-11(9,12)17(14,15)8-5-3-2-4-6-8/h2-6,9H,7H2,1H3/t9-,11+/m1/s1. The van der Waals surface area contributed by atoms with Gasteiger partial charge in [-0.1, -0.05) is 18.2 Å². The van der Waals surface area contributed by atoms with E-state index in [0.29, 0.717) is 0 Å². The zero-order valence-electron chi connectivity index (χ0n) is 9.09. The lowest BCUT2D eigenvalue weighted by molar-refractivity contribution is -0.142. The Balaban J connectivity index is 2.34. The number of hydrogen-bond acceptors (Lipinski definition) is 4. The summed E-state index contributed by atoms with van der Waals surface area (Å²) < 4.78 is 42.5. The van der Waals surface area contributed by atoms with Gasteiger partial charge < -0.3 is 4.74 Å². The van der Waals surface area contributed by atoms with Gasteiger partial charge in [-0.15, -0.1) is 0 Å². The van der Waals surface area contributed by atoms with Crippen molar-refractivity contribution in [3.63, 3.8) is 0 Å². The molecule has 0 aliphatic heterocycles. The van der Waals surface area contributed by atoms with E-state index in [1.54, 1.807) is 6.07 Å². The number of hydrogen-bond donors (Lipinski definition) is 0. The number of methoxy groups -OCH3 is 1. The average Bonchev–Trinajstić information content (AvgIpc) is 3.04. The van der Waals surface area contributed by atoms with Gasteiger partial charge in [0.15, 0.2) is 0 Å². The lowest BCUT2D eigenvalue weighted by Gasteiger charge is -2.08. The molecule has 0 amide bonds. The van der Waals surface area contributed by atoms with Crippen molar-refractivity contribution < 1.29 is 22.3 Å². The average molecular weight is 258 g/mol. The molecule has 0 spiro atoms. The fraction of sp³-hybridized carbons (Fsp3) is 0.364. The highest BCUT2D eigenvalue weighted by Gasteiger charge is 2.69. The van der Waals surface area contributed by atoms with Crippen LogP contribution in [0.3, 0.4) is 0 Å². The van der Waals surface area contributed by atoms with Crippen LogP contribution >= 0.6 is 0 Å². The van der Waals surface area contributed by atoms with Gasteiger partial charge in [0, 0.05) is 6.42 Å². The maximum Gasteiger partial charge on any atom is 0.313 e. The lowest BCUT2D eigenvalue weighted by Crippen LogP contribution is -2.24. The largest absolute Gasteiger partial charge is 0.469 e. The maximum absolute atomic E-state index is 14.2. The SMILES string of the molecule is COC(=O)[C@H]1C[C@]1(F)S(=O)(=O)c1ccccc1. The highest BCUT2D eigenvalue weighted by atomic mass is 32.2. The summed E-state index contributed by atoms with van der Waals surface area (Å²) in [5, 5.41) is -2.51. The minimum Gasteiger partial charge on any atom is -0.469 e. The Bertz CT molecular complexity index is 540. The Morgan fingerprint density at radius 1 is 1.41 bits per heavy atom. The molecule has 0 heterocycles. The normalized spacial score (nSPS) is 27.5. The fourth-order valence-corrected chi connectivity index (χ4v) is 3.48. The smallest absolute Gasteiger partial charge is 0.313 e. The molecule has 1 saturated carbocycles. The van der Waals surface area contributed by atoms with E-state index in [1.165, 1.54) is 24.3 Å². The third-order valence-electron chi connectivity index (χ3n) is 2.83. The first-order chi connectivity index (χ1) is 7.93. The zero-order chi connectivity index (χ0) is 12.7. The van der Waals surface area contributed by atoms with E-state index in [9.17, 15) is 17.6 Å². The predicted molar refractivity (Wildman–Crippen MR) is 57.6 cm³/mol. The molecule has 1 aromatic carbocycles. The molecule has 4 nitrogen and oxygen atoms in total. The van der Waals surface area contributed by atoms with Crippen LogP contribution in [0, 0.1) is 5.92 Å². The van der Waals surface area contributed by atoms with E-state index in [4.69, 9.17) is 0 Å². The number of ether oxygens (including phenoxy) is 1. The van der Waals surface area contributed by atoms with Gasteiger partial charge in [0.1, 0.15) is 5.92 Å². The first-order valence-corrected chi connectivity index (χ1v) is 6.48. The highest BCUT2D eigenvalue weighted by Crippen LogP contribution is 2.54. The second-order valence-corrected chi connectivity index (χ2v) is 6.04. The molecule has 0 bridgehead atoms. The van der Waals surface area contributed by atoms with E-state index in [2.05, 4.69) is 4.74 Å². The molecule has 1 aromatic rings. The third kappa shape index (κ3) is 1.72. The van der Waals surface area contributed by atoms with E-state index >= 15 is 0 Å². The van der Waals surface area contributed by atoms with Gasteiger partial charge in [0.05, 0.1) is 12.0 Å². The summed E-state index contributed by atoms with van der Waals surface area (Å²) in [7, 11) is -3.03. The van der Waals surface area contributed by atoms with Gasteiger partial charge in [-0.25, -0.2) is 12.8 Å². The molecule has 92 valence electrons. The van der Waals surface area contributed by atoms with Crippen LogP contribution in [0.25, 0.3) is 0 Å². The van der Waals surface area contributed by atoms with E-state index in [-0.39, 0.29) is 11.3 Å². The van der Waals surface area contributed by atoms with Gasteiger partial charge in [0.2, 0.25) is 14.8 Å². The van der Waals surface area contributed by atoms with E-state index in [1.807, 2.05) is 0 Å². The van der Waals surface area contributed by atoms with Crippen molar-refractivity contribution in [3.05, 3.63) is 30.3 Å². The van der Waals surface area contributed by atoms with Crippen molar-refractivity contribution in [1.29, 1.82) is 0 Å². The van der Waals surface area contributed by atoms with Crippen LogP contribution in [-0.4, -0.2) is 26.5 Å². The summed E-state index contributed by atoms with van der Waals surface area (Å²) in [6.07, 6.45) is -0.336. The van der Waals surface area contributed by atoms with Crippen molar-refractivity contribution >= 4 is 15.8 Å². The van der Waals surface area contributed by atoms with Crippen molar-refractivity contribution in [3.8, 4) is 0 Å². The van der Waals surface area contributed by atoms with Gasteiger partial charge in [-0.3, -0.25) is 4.79 Å². The summed E-state index contributed by atoms with van der Waals surface area (Å²) in [5.74, 6) is -2.04. The molecular weight excluding hydrogens is 247 g/mol. The van der Waals surface area contributed by atoms with Crippen LogP contribution in [-0.2, 0) is 19.4 Å². The van der Waals surface area contributed by atoms with Crippen LogP contribution in [0.15, 0.2) is 35.2 Å². The topological polar surface area (TPSA) is 60.4 Å². The summed E-state index contributed by atoms with van der Waals surface area (Å²) >= 11 is 0. The van der Waals surface area contributed by atoms with Gasteiger partial charge in [-0.2, -0.15) is 0 Å². The quantitative estimate of drug-likeness (QED) is 0.767. The second kappa shape index (κ2) is 3.80. The molecule has 1 fully saturated rings. The van der Waals surface area contributed by atoms with Crippen LogP contribution in [0.4, 0.5) is 4.39 Å². The molecule has 0 radical (unpaired) electrons. The Morgan fingerprint density at radius 3 is 2.53 bits per heavy atom. The van der Waals surface area contributed by atoms with Crippen LogP contribution in [0.1, 0.15) is 6.42 Å². The number of esters is 1. The van der Waals surface area contributed by atoms with E-state index in [0.717, 1.165) is 7.11 Å². The Labute approximate surface area is 98.3 Å². The predicted octanol–water partition coefficient (Wildman–Crippen LogP) is 1.32. The number of benzene rings is 1. The first kappa shape index (κ1) is 12.0. The maximum atomic E-state index is 14.2. The van der Waals surface area contributed by atoms with E-state index < -0.39 is 26.7 Å². The Hall–Kier alpha value is -1.43. The molecule has 0 N–H and O–H groups in total. The van der Waals surface area contributed by atoms with Gasteiger partial charge in [-0.05, 0) is 12.1 Å². The number of halogens is 1. The molecule has 0 unspecified atom stereocenters.